The number of carbonyl (C=O) groups excluding carboxylic acids is 4. The van der Waals surface area contributed by atoms with Crippen LogP contribution in [0.1, 0.15) is 47.4 Å². The zero-order valence-corrected chi connectivity index (χ0v) is 19.0. The minimum Gasteiger partial charge on any atom is -0.492 e. The van der Waals surface area contributed by atoms with Crippen LogP contribution in [-0.2, 0) is 14.3 Å². The molecule has 2 N–H and O–H groups in total. The maximum atomic E-state index is 13.1. The second kappa shape index (κ2) is 9.40. The van der Waals surface area contributed by atoms with Gasteiger partial charge in [-0.1, -0.05) is 19.9 Å². The Hall–Kier alpha value is -2.05. The van der Waals surface area contributed by atoms with Crippen molar-refractivity contribution in [3.05, 3.63) is 29.3 Å². The fraction of sp³-hybridized carbons (Fsp3) is 0.500. The molecule has 162 valence electrons. The second-order valence-corrected chi connectivity index (χ2v) is 8.78. The third-order valence-corrected chi connectivity index (χ3v) is 5.42. The average Bonchev–Trinajstić information content (AvgIpc) is 2.95. The van der Waals surface area contributed by atoms with Crippen LogP contribution in [0.2, 0.25) is 0 Å². The number of hydrogen-bond acceptors (Lipinski definition) is 7. The molecule has 30 heavy (non-hydrogen) atoms. The molecule has 4 amide bonds. The zero-order chi connectivity index (χ0) is 21.9. The van der Waals surface area contributed by atoms with Gasteiger partial charge in [0.25, 0.3) is 11.8 Å². The van der Waals surface area contributed by atoms with Gasteiger partial charge < -0.3 is 9.47 Å². The van der Waals surface area contributed by atoms with Crippen LogP contribution in [-0.4, -0.2) is 60.9 Å². The van der Waals surface area contributed by atoms with Gasteiger partial charge >= 0.3 is 0 Å². The van der Waals surface area contributed by atoms with Crippen molar-refractivity contribution in [2.45, 2.75) is 32.7 Å². The monoisotopic (exact) mass is 529 g/mol. The minimum absolute atomic E-state index is 0.0778. The third-order valence-electron chi connectivity index (χ3n) is 4.88. The highest BCUT2D eigenvalue weighted by Gasteiger charge is 2.46. The number of imide groups is 2. The summed E-state index contributed by atoms with van der Waals surface area (Å²) in [5, 5.41) is 2.19. The van der Waals surface area contributed by atoms with Gasteiger partial charge in [0.1, 0.15) is 11.8 Å². The molecule has 1 aromatic carbocycles. The number of benzene rings is 1. The van der Waals surface area contributed by atoms with Gasteiger partial charge in [-0.25, -0.2) is 0 Å². The normalized spacial score (nSPS) is 19.2. The first-order valence-corrected chi connectivity index (χ1v) is 10.7. The van der Waals surface area contributed by atoms with E-state index in [4.69, 9.17) is 9.47 Å². The lowest BCUT2D eigenvalue weighted by Crippen LogP contribution is -2.54. The zero-order valence-electron chi connectivity index (χ0n) is 16.8. The summed E-state index contributed by atoms with van der Waals surface area (Å²) in [5.41, 5.74) is 0.0329. The van der Waals surface area contributed by atoms with Crippen LogP contribution < -0.4 is 13.6 Å². The van der Waals surface area contributed by atoms with Gasteiger partial charge in [0.2, 0.25) is 11.8 Å². The third kappa shape index (κ3) is 4.81. The summed E-state index contributed by atoms with van der Waals surface area (Å²) in [4.78, 5) is 50.4. The van der Waals surface area contributed by atoms with Gasteiger partial charge in [0.15, 0.2) is 0 Å². The predicted molar refractivity (Wildman–Crippen MR) is 115 cm³/mol. The molecule has 0 saturated carbocycles. The smallest absolute Gasteiger partial charge is 0.266 e. The molecule has 0 aromatic heterocycles. The summed E-state index contributed by atoms with van der Waals surface area (Å²) in [6, 6.07) is 3.82. The van der Waals surface area contributed by atoms with Crippen LogP contribution in [0.3, 0.4) is 0 Å². The Morgan fingerprint density at radius 2 is 1.97 bits per heavy atom. The molecule has 1 fully saturated rings. The number of amides is 4. The highest BCUT2D eigenvalue weighted by Crippen LogP contribution is 2.34. The van der Waals surface area contributed by atoms with Crippen LogP contribution in [0.4, 0.5) is 0 Å². The van der Waals surface area contributed by atoms with E-state index in [0.717, 1.165) is 11.4 Å². The average molecular weight is 529 g/mol. The largest absolute Gasteiger partial charge is 0.492 e. The molecule has 1 unspecified atom stereocenters. The summed E-state index contributed by atoms with van der Waals surface area (Å²) in [5.74, 6) is -1.88. The first-order valence-electron chi connectivity index (χ1n) is 9.64. The predicted octanol–water partition coefficient (Wildman–Crippen LogP) is 1.45. The van der Waals surface area contributed by atoms with Crippen molar-refractivity contribution in [3.63, 3.8) is 0 Å². The number of nitrogens with zero attached hydrogens (tertiary/aromatic N) is 1. The summed E-state index contributed by atoms with van der Waals surface area (Å²) in [6.07, 6.45) is 0.192. The molecule has 0 spiro atoms. The van der Waals surface area contributed by atoms with Crippen molar-refractivity contribution < 1.29 is 28.7 Å². The molecule has 10 heteroatoms. The number of halogens is 1. The first-order chi connectivity index (χ1) is 14.2. The van der Waals surface area contributed by atoms with Crippen molar-refractivity contribution in [3.8, 4) is 5.75 Å². The van der Waals surface area contributed by atoms with Crippen LogP contribution in [0.15, 0.2) is 18.2 Å². The summed E-state index contributed by atoms with van der Waals surface area (Å²) < 4.78 is 14.5. The highest BCUT2D eigenvalue weighted by atomic mass is 127. The highest BCUT2D eigenvalue weighted by molar-refractivity contribution is 14.1. The molecular weight excluding hydrogens is 505 g/mol. The van der Waals surface area contributed by atoms with E-state index in [1.54, 1.807) is 18.2 Å². The molecule has 1 aromatic rings. The number of rotatable bonds is 9. The Labute approximate surface area is 188 Å². The van der Waals surface area contributed by atoms with E-state index in [1.807, 2.05) is 13.8 Å². The van der Waals surface area contributed by atoms with Gasteiger partial charge in [-0.05, 0) is 18.6 Å². The molecule has 1 saturated heterocycles. The Morgan fingerprint density at radius 1 is 1.20 bits per heavy atom. The first kappa shape index (κ1) is 22.6. The number of carbonyl (C=O) groups is 4. The Kier molecular flexibility index (Phi) is 7.09. The van der Waals surface area contributed by atoms with Gasteiger partial charge in [0, 0.05) is 41.2 Å². The summed E-state index contributed by atoms with van der Waals surface area (Å²) in [6.45, 7) is 6.01. The Bertz CT molecular complexity index is 872. The van der Waals surface area contributed by atoms with Crippen LogP contribution >= 0.6 is 22.9 Å². The van der Waals surface area contributed by atoms with E-state index in [0.29, 0.717) is 19.0 Å². The minimum atomic E-state index is -1.00. The van der Waals surface area contributed by atoms with E-state index in [2.05, 4.69) is 31.7 Å². The van der Waals surface area contributed by atoms with Crippen LogP contribution in [0.25, 0.3) is 0 Å². The number of hydrogen-bond donors (Lipinski definition) is 2. The summed E-state index contributed by atoms with van der Waals surface area (Å²) >= 11 is 2.05. The number of ether oxygens (including phenoxy) is 2. The molecule has 3 rings (SSSR count). The van der Waals surface area contributed by atoms with E-state index in [9.17, 15) is 19.2 Å². The van der Waals surface area contributed by atoms with E-state index in [-0.39, 0.29) is 36.0 Å². The Balaban J connectivity index is 1.73. The fourth-order valence-corrected chi connectivity index (χ4v) is 3.60. The lowest BCUT2D eigenvalue weighted by molar-refractivity contribution is -0.136. The van der Waals surface area contributed by atoms with Crippen molar-refractivity contribution >= 4 is 46.5 Å². The lowest BCUT2D eigenvalue weighted by atomic mass is 9.96. The molecule has 0 aliphatic carbocycles. The molecule has 2 aliphatic heterocycles. The number of nitrogens with one attached hydrogen (secondary N) is 2. The van der Waals surface area contributed by atoms with Crippen molar-refractivity contribution in [1.29, 1.82) is 0 Å². The molecular formula is C20H24IN3O6. The second-order valence-electron chi connectivity index (χ2n) is 8.02. The number of piperidine rings is 1. The molecule has 0 bridgehead atoms. The van der Waals surface area contributed by atoms with E-state index < -0.39 is 29.7 Å². The maximum absolute atomic E-state index is 13.1. The van der Waals surface area contributed by atoms with E-state index in [1.165, 1.54) is 0 Å². The van der Waals surface area contributed by atoms with Gasteiger partial charge in [0.05, 0.1) is 30.9 Å². The van der Waals surface area contributed by atoms with Crippen LogP contribution in [0.5, 0.6) is 5.75 Å². The summed E-state index contributed by atoms with van der Waals surface area (Å²) in [7, 11) is 0. The van der Waals surface area contributed by atoms with E-state index >= 15 is 0 Å². The molecule has 2 heterocycles. The SMILES string of the molecule is CC(C)(COCCNI)COc1cccc2c1C(=O)N(C1CCC(=O)NC1=O)C2=O. The quantitative estimate of drug-likeness (QED) is 0.216. The van der Waals surface area contributed by atoms with Gasteiger partial charge in [-0.3, -0.25) is 32.9 Å². The lowest BCUT2D eigenvalue weighted by Gasteiger charge is -2.28. The van der Waals surface area contributed by atoms with Crippen molar-refractivity contribution in [2.24, 2.45) is 5.41 Å². The van der Waals surface area contributed by atoms with Crippen molar-refractivity contribution in [2.75, 3.05) is 26.4 Å². The van der Waals surface area contributed by atoms with Gasteiger partial charge in [-0.15, -0.1) is 0 Å². The fourth-order valence-electron chi connectivity index (χ4n) is 3.38. The standard InChI is InChI=1S/C20H24IN3O6/c1-20(2,10-29-9-8-22-21)11-30-14-5-3-4-12-16(14)19(28)24(18(12)27)13-6-7-15(25)23-17(13)26/h3-5,13,22H,6-11H2,1-2H3,(H,23,25,26). The molecule has 9 nitrogen and oxygen atoms in total. The van der Waals surface area contributed by atoms with Crippen molar-refractivity contribution in [1.82, 2.24) is 13.7 Å². The molecule has 2 aliphatic rings. The van der Waals surface area contributed by atoms with Gasteiger partial charge in [-0.2, -0.15) is 0 Å². The maximum Gasteiger partial charge on any atom is 0.266 e. The number of fused-ring (bicyclic) bond motifs is 1. The Morgan fingerprint density at radius 3 is 2.67 bits per heavy atom. The molecule has 1 atom stereocenters. The topological polar surface area (TPSA) is 114 Å². The van der Waals surface area contributed by atoms with Crippen LogP contribution in [0, 0.1) is 5.41 Å². The molecule has 0 radical (unpaired) electrons.